The van der Waals surface area contributed by atoms with Gasteiger partial charge in [0.15, 0.2) is 0 Å². The maximum atomic E-state index is 13.8. The first-order valence-corrected chi connectivity index (χ1v) is 21.3. The molecular weight excluding hydrogens is 759 g/mol. The Labute approximate surface area is 343 Å². The van der Waals surface area contributed by atoms with Crippen LogP contribution in [0.1, 0.15) is 65.5 Å². The molecule has 7 rings (SSSR count). The number of ether oxygens (including phenoxy) is 1. The highest BCUT2D eigenvalue weighted by atomic mass is 32.2. The number of para-hydroxylation sites is 1. The fourth-order valence-corrected chi connectivity index (χ4v) is 11.3. The van der Waals surface area contributed by atoms with Gasteiger partial charge in [-0.25, -0.2) is 4.68 Å². The van der Waals surface area contributed by atoms with Crippen molar-refractivity contribution in [2.45, 2.75) is 90.0 Å². The number of rotatable bonds is 12. The number of aromatic nitrogens is 3. The molecule has 0 unspecified atom stereocenters. The molecule has 1 aliphatic heterocycles. The number of aliphatic hydroxyl groups is 1. The number of non-ortho nitro benzene ring substituents is 1. The number of hydrogen-bond acceptors (Lipinski definition) is 12. The number of aliphatic hydroxyl groups excluding tert-OH is 1. The molecule has 4 aliphatic rings. The first kappa shape index (κ1) is 41.6. The zero-order valence-electron chi connectivity index (χ0n) is 33.8. The third-order valence-electron chi connectivity index (χ3n) is 14.1. The summed E-state index contributed by atoms with van der Waals surface area (Å²) in [6, 6.07) is 14.0. The first-order chi connectivity index (χ1) is 27.7. The number of nitro groups is 1. The van der Waals surface area contributed by atoms with Gasteiger partial charge in [0.05, 0.1) is 34.4 Å². The van der Waals surface area contributed by atoms with E-state index in [0.29, 0.717) is 43.1 Å². The number of nitro benzene ring substituents is 1. The van der Waals surface area contributed by atoms with Gasteiger partial charge >= 0.3 is 5.97 Å². The highest BCUT2D eigenvalue weighted by molar-refractivity contribution is 8.00. The third-order valence-corrected chi connectivity index (χ3v) is 15.2. The lowest BCUT2D eigenvalue weighted by Gasteiger charge is -2.61. The number of amides is 1. The highest BCUT2D eigenvalue weighted by Gasteiger charge is 2.68. The van der Waals surface area contributed by atoms with Crippen molar-refractivity contribution in [3.05, 3.63) is 83.2 Å². The molecule has 0 spiro atoms. The fourth-order valence-electron chi connectivity index (χ4n) is 10.5. The molecule has 2 N–H and O–H groups in total. The second kappa shape index (κ2) is 16.6. The number of thioether (sulfide) groups is 1. The van der Waals surface area contributed by atoms with Crippen LogP contribution in [0.5, 0.6) is 0 Å². The molecule has 58 heavy (non-hydrogen) atoms. The lowest BCUT2D eigenvalue weighted by Crippen LogP contribution is -2.63. The molecule has 4 fully saturated rings. The quantitative estimate of drug-likeness (QED) is 0.0704. The van der Waals surface area contributed by atoms with Crippen LogP contribution in [-0.4, -0.2) is 91.7 Å². The van der Waals surface area contributed by atoms with Crippen LogP contribution in [0.4, 0.5) is 17.1 Å². The van der Waals surface area contributed by atoms with Crippen molar-refractivity contribution in [1.82, 2.24) is 19.9 Å². The van der Waals surface area contributed by atoms with E-state index in [1.165, 1.54) is 22.5 Å². The minimum Gasteiger partial charge on any atom is -0.461 e. The lowest BCUT2D eigenvalue weighted by molar-refractivity contribution is -0.384. The maximum absolute atomic E-state index is 13.8. The summed E-state index contributed by atoms with van der Waals surface area (Å²) in [7, 11) is 0. The Kier molecular flexibility index (Phi) is 11.9. The monoisotopic (exact) mass is 813 g/mol. The van der Waals surface area contributed by atoms with E-state index in [1.54, 1.807) is 30.5 Å². The molecule has 2 aromatic carbocycles. The van der Waals surface area contributed by atoms with Crippen LogP contribution in [0.15, 0.2) is 72.3 Å². The second-order valence-corrected chi connectivity index (χ2v) is 18.4. The Morgan fingerprint density at radius 3 is 2.62 bits per heavy atom. The molecule has 3 saturated carbocycles. The first-order valence-electron chi connectivity index (χ1n) is 20.3. The minimum atomic E-state index is -0.732. The van der Waals surface area contributed by atoms with Crippen molar-refractivity contribution in [2.75, 3.05) is 42.1 Å². The van der Waals surface area contributed by atoms with Crippen LogP contribution in [0.25, 0.3) is 0 Å². The zero-order chi connectivity index (χ0) is 41.4. The van der Waals surface area contributed by atoms with Crippen LogP contribution < -0.4 is 10.2 Å². The van der Waals surface area contributed by atoms with E-state index in [1.807, 2.05) is 31.2 Å². The molecule has 8 atom stereocenters. The van der Waals surface area contributed by atoms with E-state index >= 15 is 0 Å². The van der Waals surface area contributed by atoms with Crippen molar-refractivity contribution in [1.29, 1.82) is 0 Å². The summed E-state index contributed by atoms with van der Waals surface area (Å²) >= 11 is 1.27. The molecule has 0 radical (unpaired) electrons. The number of hydrogen-bond donors (Lipinski definition) is 2. The van der Waals surface area contributed by atoms with Crippen LogP contribution in [0.3, 0.4) is 0 Å². The lowest BCUT2D eigenvalue weighted by atomic mass is 9.44. The summed E-state index contributed by atoms with van der Waals surface area (Å²) < 4.78 is 7.93. The Bertz CT molecular complexity index is 2050. The molecule has 1 saturated heterocycles. The SMILES string of the molecule is C=C[C@]1(C)C[C@@H](OC(=O)CSc2ccccc2NC(=O)Cn2cc(CN3CCN(c4cccc([N+](=O)[O-])c4)CC3)nn2)[C@]2(C)[C@H](C)CC[C@]3(CCC(=O)[C@H]32)[C@@H](C)[C@@H]1O. The number of nitrogens with one attached hydrogen (secondary N) is 1. The van der Waals surface area contributed by atoms with Crippen LogP contribution in [0.2, 0.25) is 0 Å². The van der Waals surface area contributed by atoms with E-state index < -0.39 is 29.0 Å². The third kappa shape index (κ3) is 7.92. The number of Topliss-reactive ketones (excluding diaryl/α,β-unsaturated/α-hetero) is 1. The predicted octanol–water partition coefficient (Wildman–Crippen LogP) is 6.15. The van der Waals surface area contributed by atoms with Gasteiger partial charge < -0.3 is 20.1 Å². The highest BCUT2D eigenvalue weighted by Crippen LogP contribution is 2.68. The van der Waals surface area contributed by atoms with Crippen LogP contribution in [-0.2, 0) is 32.2 Å². The molecular formula is C43H55N7O7S. The van der Waals surface area contributed by atoms with E-state index in [0.717, 1.165) is 43.7 Å². The zero-order valence-corrected chi connectivity index (χ0v) is 34.7. The summed E-state index contributed by atoms with van der Waals surface area (Å²) in [6.07, 6.45) is 5.59. The summed E-state index contributed by atoms with van der Waals surface area (Å²) in [6.45, 7) is 15.9. The van der Waals surface area contributed by atoms with Crippen molar-refractivity contribution < 1.29 is 29.2 Å². The topological polar surface area (TPSA) is 173 Å². The van der Waals surface area contributed by atoms with Gasteiger partial charge in [-0.15, -0.1) is 23.4 Å². The average Bonchev–Trinajstić information content (AvgIpc) is 3.81. The predicted molar refractivity (Wildman–Crippen MR) is 221 cm³/mol. The smallest absolute Gasteiger partial charge is 0.316 e. The van der Waals surface area contributed by atoms with Crippen molar-refractivity contribution in [2.24, 2.45) is 34.0 Å². The summed E-state index contributed by atoms with van der Waals surface area (Å²) in [5.74, 6) is -0.767. The maximum Gasteiger partial charge on any atom is 0.316 e. The van der Waals surface area contributed by atoms with Gasteiger partial charge in [0.2, 0.25) is 5.91 Å². The Hall–Kier alpha value is -4.60. The Balaban J connectivity index is 0.950. The molecule has 1 amide bonds. The van der Waals surface area contributed by atoms with Gasteiger partial charge in [-0.05, 0) is 61.1 Å². The second-order valence-electron chi connectivity index (χ2n) is 17.3. The van der Waals surface area contributed by atoms with Crippen LogP contribution in [0, 0.1) is 44.1 Å². The average molecular weight is 814 g/mol. The number of ketones is 1. The number of nitrogens with zero attached hydrogens (tertiary/aromatic N) is 6. The van der Waals surface area contributed by atoms with Crippen molar-refractivity contribution >= 4 is 46.5 Å². The molecule has 3 aliphatic carbocycles. The molecule has 14 nitrogen and oxygen atoms in total. The van der Waals surface area contributed by atoms with Gasteiger partial charge in [0, 0.05) is 78.6 Å². The number of carbonyl (C=O) groups is 3. The Morgan fingerprint density at radius 1 is 1.12 bits per heavy atom. The van der Waals surface area contributed by atoms with E-state index in [2.05, 4.69) is 52.8 Å². The van der Waals surface area contributed by atoms with Gasteiger partial charge in [0.25, 0.3) is 5.69 Å². The molecule has 2 bridgehead atoms. The number of piperazine rings is 1. The van der Waals surface area contributed by atoms with Crippen LogP contribution >= 0.6 is 11.8 Å². The minimum absolute atomic E-state index is 0.00662. The van der Waals surface area contributed by atoms with Crippen molar-refractivity contribution in [3.63, 3.8) is 0 Å². The fraction of sp³-hybridized carbons (Fsp3) is 0.558. The van der Waals surface area contributed by atoms with E-state index in [-0.39, 0.29) is 57.8 Å². The normalized spacial score (nSPS) is 31.2. The number of carbonyl (C=O) groups excluding carboxylic acids is 3. The molecule has 1 aromatic heterocycles. The van der Waals surface area contributed by atoms with E-state index in [4.69, 9.17) is 4.74 Å². The van der Waals surface area contributed by atoms with Crippen molar-refractivity contribution in [3.8, 4) is 0 Å². The van der Waals surface area contributed by atoms with Gasteiger partial charge in [-0.3, -0.25) is 29.4 Å². The van der Waals surface area contributed by atoms with Gasteiger partial charge in [0.1, 0.15) is 18.4 Å². The number of anilines is 2. The van der Waals surface area contributed by atoms with Gasteiger partial charge in [-0.2, -0.15) is 0 Å². The number of esters is 1. The summed E-state index contributed by atoms with van der Waals surface area (Å²) in [5.41, 5.74) is 0.536. The summed E-state index contributed by atoms with van der Waals surface area (Å²) in [4.78, 5) is 56.7. The molecule has 2 heterocycles. The summed E-state index contributed by atoms with van der Waals surface area (Å²) in [5, 5.41) is 34.5. The molecule has 3 aromatic rings. The molecule has 310 valence electrons. The van der Waals surface area contributed by atoms with Gasteiger partial charge in [-0.1, -0.05) is 57.2 Å². The van der Waals surface area contributed by atoms with E-state index in [9.17, 15) is 29.6 Å². The Morgan fingerprint density at radius 2 is 1.88 bits per heavy atom. The largest absolute Gasteiger partial charge is 0.461 e. The number of benzene rings is 2. The standard InChI is InChI=1S/C43H55N7O7S/c1-6-41(4)23-36(42(5)28(2)14-16-43(29(3)40(41)54)17-15-34(51)39(42)43)57-38(53)27-58-35-13-8-7-12-33(35)44-37(52)26-49-25-30(45-46-49)24-47-18-20-48(21-19-47)31-10-9-11-32(22-31)50(55)56/h6-13,22,25,28-29,36,39-40,54H,1,14-21,23-24,26-27H2,2-5H3,(H,44,52)/t28-,29+,36-,39+,40+,41-,42+,43+/m1/s1. The molecule has 15 heteroatoms.